The van der Waals surface area contributed by atoms with Crippen molar-refractivity contribution in [2.45, 2.75) is 12.3 Å². The molecular weight excluding hydrogens is 431 g/mol. The van der Waals surface area contributed by atoms with Crippen molar-refractivity contribution in [3.8, 4) is 0 Å². The molecule has 1 N–H and O–H groups in total. The van der Waals surface area contributed by atoms with Gasteiger partial charge in [0.1, 0.15) is 0 Å². The number of hydrogen-bond donors (Lipinski definition) is 1. The maximum Gasteiger partial charge on any atom is 0.230 e. The number of benzene rings is 2. The summed E-state index contributed by atoms with van der Waals surface area (Å²) in [5.74, 6) is 0.0328. The number of fused-ring (bicyclic) bond motifs is 1. The Bertz CT molecular complexity index is 864. The van der Waals surface area contributed by atoms with Crippen LogP contribution in [0.2, 0.25) is 0 Å². The van der Waals surface area contributed by atoms with Gasteiger partial charge in [0.25, 0.3) is 0 Å². The van der Waals surface area contributed by atoms with E-state index in [1.807, 2.05) is 23.6 Å². The fourth-order valence-corrected chi connectivity index (χ4v) is 4.46. The summed E-state index contributed by atoms with van der Waals surface area (Å²) >= 11 is 3.79. The Balaban J connectivity index is 1.72. The number of amides is 1. The molecule has 5 heteroatoms. The van der Waals surface area contributed by atoms with E-state index in [4.69, 9.17) is 0 Å². The molecule has 2 aromatic carbocycles. The lowest BCUT2D eigenvalue weighted by atomic mass is 9.85. The lowest BCUT2D eigenvalue weighted by molar-refractivity contribution is -0.120. The molecule has 0 saturated heterocycles. The smallest absolute Gasteiger partial charge is 0.230 e. The van der Waals surface area contributed by atoms with Crippen LogP contribution in [-0.2, 0) is 11.2 Å². The first-order chi connectivity index (χ1) is 11.7. The maximum absolute atomic E-state index is 12.9. The molecule has 3 aromatic rings. The number of carbonyl (C=O) groups excluding carboxylic acids is 1. The molecule has 120 valence electrons. The molecule has 24 heavy (non-hydrogen) atoms. The molecule has 0 fully saturated rings. The lowest BCUT2D eigenvalue weighted by Gasteiger charge is -2.20. The molecule has 1 aromatic heterocycles. The molecule has 1 heterocycles. The first-order valence-electron chi connectivity index (χ1n) is 7.76. The number of aromatic nitrogens is 1. The molecule has 4 rings (SSSR count). The van der Waals surface area contributed by atoms with Gasteiger partial charge in [0.2, 0.25) is 5.91 Å². The SMILES string of the molecule is O=C(Nc1nccs1)C1Cc2ccc(I)cc2C1c1ccccc1. The Morgan fingerprint density at radius 3 is 2.79 bits per heavy atom. The highest BCUT2D eigenvalue weighted by Crippen LogP contribution is 2.43. The van der Waals surface area contributed by atoms with Crippen molar-refractivity contribution in [3.63, 3.8) is 0 Å². The molecule has 1 amide bonds. The van der Waals surface area contributed by atoms with Gasteiger partial charge in [-0.3, -0.25) is 4.79 Å². The first-order valence-corrected chi connectivity index (χ1v) is 9.72. The first kappa shape index (κ1) is 15.8. The molecule has 2 unspecified atom stereocenters. The number of anilines is 1. The zero-order valence-electron chi connectivity index (χ0n) is 12.8. The summed E-state index contributed by atoms with van der Waals surface area (Å²) in [4.78, 5) is 17.1. The average molecular weight is 446 g/mol. The van der Waals surface area contributed by atoms with Gasteiger partial charge >= 0.3 is 0 Å². The number of nitrogens with zero attached hydrogens (tertiary/aromatic N) is 1. The minimum atomic E-state index is -0.107. The largest absolute Gasteiger partial charge is 0.302 e. The molecular formula is C19H15IN2OS. The van der Waals surface area contributed by atoms with Crippen LogP contribution in [0.15, 0.2) is 60.1 Å². The highest BCUT2D eigenvalue weighted by Gasteiger charge is 2.38. The van der Waals surface area contributed by atoms with E-state index in [1.165, 1.54) is 31.6 Å². The van der Waals surface area contributed by atoms with E-state index in [0.717, 1.165) is 6.42 Å². The van der Waals surface area contributed by atoms with Gasteiger partial charge in [-0.05, 0) is 57.8 Å². The van der Waals surface area contributed by atoms with E-state index in [9.17, 15) is 4.79 Å². The van der Waals surface area contributed by atoms with Gasteiger partial charge in [-0.2, -0.15) is 0 Å². The summed E-state index contributed by atoms with van der Waals surface area (Å²) in [6.45, 7) is 0. The van der Waals surface area contributed by atoms with Gasteiger partial charge in [0.15, 0.2) is 5.13 Å². The Hall–Kier alpha value is -1.73. The zero-order valence-corrected chi connectivity index (χ0v) is 15.8. The summed E-state index contributed by atoms with van der Waals surface area (Å²) in [6, 6.07) is 16.8. The number of hydrogen-bond acceptors (Lipinski definition) is 3. The van der Waals surface area contributed by atoms with Crippen LogP contribution >= 0.6 is 33.9 Å². The predicted molar refractivity (Wildman–Crippen MR) is 105 cm³/mol. The Labute approximate surface area is 158 Å². The third-order valence-corrected chi connectivity index (χ3v) is 5.80. The van der Waals surface area contributed by atoms with Gasteiger partial charge in [-0.15, -0.1) is 11.3 Å². The normalized spacial score (nSPS) is 19.0. The molecule has 1 aliphatic rings. The van der Waals surface area contributed by atoms with Crippen LogP contribution in [-0.4, -0.2) is 10.9 Å². The van der Waals surface area contributed by atoms with E-state index < -0.39 is 0 Å². The van der Waals surface area contributed by atoms with Crippen molar-refractivity contribution < 1.29 is 4.79 Å². The van der Waals surface area contributed by atoms with Gasteiger partial charge in [0.05, 0.1) is 5.92 Å². The van der Waals surface area contributed by atoms with Gasteiger partial charge in [-0.25, -0.2) is 4.98 Å². The number of nitrogens with one attached hydrogen (secondary N) is 1. The third-order valence-electron chi connectivity index (χ3n) is 4.44. The molecule has 0 spiro atoms. The number of halogens is 1. The monoisotopic (exact) mass is 446 g/mol. The molecule has 0 aliphatic heterocycles. The molecule has 0 saturated carbocycles. The van der Waals surface area contributed by atoms with E-state index in [2.05, 4.69) is 63.2 Å². The number of carbonyl (C=O) groups is 1. The fraction of sp³-hybridized carbons (Fsp3) is 0.158. The van der Waals surface area contributed by atoms with Crippen LogP contribution in [0.4, 0.5) is 5.13 Å². The summed E-state index contributed by atoms with van der Waals surface area (Å²) in [5.41, 5.74) is 3.73. The lowest BCUT2D eigenvalue weighted by Crippen LogP contribution is -2.26. The van der Waals surface area contributed by atoms with Crippen molar-refractivity contribution in [1.82, 2.24) is 4.98 Å². The van der Waals surface area contributed by atoms with Crippen LogP contribution in [0.3, 0.4) is 0 Å². The van der Waals surface area contributed by atoms with Gasteiger partial charge in [-0.1, -0.05) is 36.4 Å². The second-order valence-corrected chi connectivity index (χ2v) is 8.01. The molecule has 0 radical (unpaired) electrons. The topological polar surface area (TPSA) is 42.0 Å². The molecule has 0 bridgehead atoms. The fourth-order valence-electron chi connectivity index (χ4n) is 3.41. The van der Waals surface area contributed by atoms with Gasteiger partial charge < -0.3 is 5.32 Å². The summed E-state index contributed by atoms with van der Waals surface area (Å²) in [6.07, 6.45) is 2.48. The molecule has 3 nitrogen and oxygen atoms in total. The van der Waals surface area contributed by atoms with E-state index in [0.29, 0.717) is 5.13 Å². The van der Waals surface area contributed by atoms with Crippen LogP contribution in [0.5, 0.6) is 0 Å². The predicted octanol–water partition coefficient (Wildman–Crippen LogP) is 4.69. The standard InChI is InChI=1S/C19H15IN2OS/c20-14-7-6-13-10-16(18(23)22-19-21-8-9-24-19)17(15(13)11-14)12-4-2-1-3-5-12/h1-9,11,16-17H,10H2,(H,21,22,23). The van der Waals surface area contributed by atoms with Crippen LogP contribution in [0.25, 0.3) is 0 Å². The maximum atomic E-state index is 12.9. The molecule has 1 aliphatic carbocycles. The van der Waals surface area contributed by atoms with E-state index >= 15 is 0 Å². The van der Waals surface area contributed by atoms with Gasteiger partial charge in [0, 0.05) is 21.1 Å². The second-order valence-electron chi connectivity index (χ2n) is 5.87. The van der Waals surface area contributed by atoms with Crippen molar-refractivity contribution in [2.75, 3.05) is 5.32 Å². The number of rotatable bonds is 3. The Kier molecular flexibility index (Phi) is 4.37. The average Bonchev–Trinajstić information content (AvgIpc) is 3.22. The summed E-state index contributed by atoms with van der Waals surface area (Å²) in [5, 5.41) is 5.51. The zero-order chi connectivity index (χ0) is 16.5. The van der Waals surface area contributed by atoms with Crippen molar-refractivity contribution in [2.24, 2.45) is 5.92 Å². The summed E-state index contributed by atoms with van der Waals surface area (Å²) < 4.78 is 1.20. The van der Waals surface area contributed by atoms with E-state index in [1.54, 1.807) is 6.20 Å². The minimum absolute atomic E-state index is 0.0463. The number of thiazole rings is 1. The van der Waals surface area contributed by atoms with Crippen molar-refractivity contribution in [1.29, 1.82) is 0 Å². The van der Waals surface area contributed by atoms with Crippen LogP contribution in [0, 0.1) is 9.49 Å². The Morgan fingerprint density at radius 1 is 1.21 bits per heavy atom. The van der Waals surface area contributed by atoms with E-state index in [-0.39, 0.29) is 17.7 Å². The highest BCUT2D eigenvalue weighted by molar-refractivity contribution is 14.1. The summed E-state index contributed by atoms with van der Waals surface area (Å²) in [7, 11) is 0. The quantitative estimate of drug-likeness (QED) is 0.594. The minimum Gasteiger partial charge on any atom is -0.302 e. The van der Waals surface area contributed by atoms with Crippen LogP contribution < -0.4 is 5.32 Å². The second kappa shape index (κ2) is 6.64. The van der Waals surface area contributed by atoms with Crippen molar-refractivity contribution in [3.05, 3.63) is 80.4 Å². The van der Waals surface area contributed by atoms with Crippen LogP contribution in [0.1, 0.15) is 22.6 Å². The Morgan fingerprint density at radius 2 is 2.04 bits per heavy atom. The molecule has 2 atom stereocenters. The highest BCUT2D eigenvalue weighted by atomic mass is 127. The third kappa shape index (κ3) is 2.98. The van der Waals surface area contributed by atoms with Crippen molar-refractivity contribution >= 4 is 45.0 Å².